The van der Waals surface area contributed by atoms with E-state index in [1.54, 1.807) is 13.3 Å². The zero-order chi connectivity index (χ0) is 13.7. The van der Waals surface area contributed by atoms with Gasteiger partial charge in [-0.05, 0) is 13.8 Å². The predicted octanol–water partition coefficient (Wildman–Crippen LogP) is 1.71. The molecule has 0 amide bonds. The number of hydrogen-bond donors (Lipinski definition) is 1. The lowest BCUT2D eigenvalue weighted by atomic mass is 10.3. The molecule has 6 nitrogen and oxygen atoms in total. The Morgan fingerprint density at radius 1 is 1.47 bits per heavy atom. The Hall–Kier alpha value is -1.82. The molecule has 0 aliphatic carbocycles. The maximum absolute atomic E-state index is 5.04. The summed E-state index contributed by atoms with van der Waals surface area (Å²) in [6.07, 6.45) is 7.66. The highest BCUT2D eigenvalue weighted by molar-refractivity contribution is 5.29. The number of hydrogen-bond acceptors (Lipinski definition) is 4. The van der Waals surface area contributed by atoms with Crippen molar-refractivity contribution < 1.29 is 4.74 Å². The van der Waals surface area contributed by atoms with Gasteiger partial charge in [0, 0.05) is 38.8 Å². The van der Waals surface area contributed by atoms with Crippen LogP contribution in [0.4, 0.5) is 5.95 Å². The van der Waals surface area contributed by atoms with Crippen molar-refractivity contribution in [1.82, 2.24) is 19.1 Å². The van der Waals surface area contributed by atoms with Crippen LogP contribution in [0.1, 0.15) is 18.7 Å². The zero-order valence-electron chi connectivity index (χ0n) is 11.7. The monoisotopic (exact) mass is 263 g/mol. The lowest BCUT2D eigenvalue weighted by Crippen LogP contribution is -2.17. The number of anilines is 1. The van der Waals surface area contributed by atoms with Crippen molar-refractivity contribution >= 4 is 5.95 Å². The van der Waals surface area contributed by atoms with E-state index in [9.17, 15) is 0 Å². The minimum Gasteiger partial charge on any atom is -0.383 e. The Balaban J connectivity index is 2.05. The van der Waals surface area contributed by atoms with Crippen molar-refractivity contribution in [2.45, 2.75) is 26.4 Å². The van der Waals surface area contributed by atoms with Crippen molar-refractivity contribution in [1.29, 1.82) is 0 Å². The number of nitrogens with one attached hydrogen (secondary N) is 1. The molecular formula is C13H21N5O. The second-order valence-electron chi connectivity index (χ2n) is 4.64. The van der Waals surface area contributed by atoms with Gasteiger partial charge in [-0.15, -0.1) is 0 Å². The highest BCUT2D eigenvalue weighted by Gasteiger charge is 2.12. The molecule has 0 radical (unpaired) electrons. The van der Waals surface area contributed by atoms with Gasteiger partial charge in [-0.2, -0.15) is 0 Å². The second kappa shape index (κ2) is 6.38. The molecule has 2 heterocycles. The summed E-state index contributed by atoms with van der Waals surface area (Å²) >= 11 is 0. The summed E-state index contributed by atoms with van der Waals surface area (Å²) in [4.78, 5) is 8.57. The molecule has 0 fully saturated rings. The van der Waals surface area contributed by atoms with E-state index in [0.29, 0.717) is 12.6 Å². The van der Waals surface area contributed by atoms with Gasteiger partial charge in [0.15, 0.2) is 0 Å². The molecule has 6 heteroatoms. The lowest BCUT2D eigenvalue weighted by molar-refractivity contribution is 0.210. The van der Waals surface area contributed by atoms with Gasteiger partial charge in [0.1, 0.15) is 0 Å². The first-order valence-corrected chi connectivity index (χ1v) is 6.44. The van der Waals surface area contributed by atoms with Gasteiger partial charge in [-0.25, -0.2) is 9.97 Å². The van der Waals surface area contributed by atoms with Crippen molar-refractivity contribution in [3.8, 4) is 0 Å². The molecule has 2 aromatic rings. The third-order valence-electron chi connectivity index (χ3n) is 2.95. The molecule has 0 aromatic carbocycles. The number of ether oxygens (including phenoxy) is 1. The van der Waals surface area contributed by atoms with Crippen LogP contribution in [0.25, 0.3) is 0 Å². The van der Waals surface area contributed by atoms with E-state index in [1.807, 2.05) is 19.4 Å². The molecule has 2 rings (SSSR count). The highest BCUT2D eigenvalue weighted by atomic mass is 16.5. The summed E-state index contributed by atoms with van der Waals surface area (Å²) in [6.45, 7) is 6.46. The Morgan fingerprint density at radius 2 is 2.32 bits per heavy atom. The van der Waals surface area contributed by atoms with Crippen LogP contribution in [-0.2, 0) is 11.3 Å². The first-order valence-electron chi connectivity index (χ1n) is 6.44. The maximum atomic E-state index is 5.04. The number of aromatic nitrogens is 4. The third-order valence-corrected chi connectivity index (χ3v) is 2.95. The van der Waals surface area contributed by atoms with E-state index in [0.717, 1.165) is 24.7 Å². The van der Waals surface area contributed by atoms with Gasteiger partial charge in [-0.3, -0.25) is 0 Å². The Morgan fingerprint density at radius 3 is 3.00 bits per heavy atom. The standard InChI is InChI=1S/C13H21N5O/c1-11-8-18(13(16-11)15-5-7-19-3)12(2)9-17-6-4-14-10-17/h4,6,8,10,12H,5,7,9H2,1-3H3,(H,15,16). The third kappa shape index (κ3) is 3.57. The van der Waals surface area contributed by atoms with Gasteiger partial charge in [0.25, 0.3) is 0 Å². The van der Waals surface area contributed by atoms with E-state index in [4.69, 9.17) is 4.74 Å². The summed E-state index contributed by atoms with van der Waals surface area (Å²) in [6, 6.07) is 0.306. The highest BCUT2D eigenvalue weighted by Crippen LogP contribution is 2.17. The summed E-state index contributed by atoms with van der Waals surface area (Å²) in [5.74, 6) is 0.891. The first-order chi connectivity index (χ1) is 9.20. The molecule has 0 spiro atoms. The maximum Gasteiger partial charge on any atom is 0.203 e. The van der Waals surface area contributed by atoms with Crippen LogP contribution in [-0.4, -0.2) is 39.4 Å². The first kappa shape index (κ1) is 13.6. The summed E-state index contributed by atoms with van der Waals surface area (Å²) in [7, 11) is 1.70. The van der Waals surface area contributed by atoms with Crippen LogP contribution in [0.3, 0.4) is 0 Å². The number of nitrogens with zero attached hydrogens (tertiary/aromatic N) is 4. The molecule has 0 saturated carbocycles. The zero-order valence-corrected chi connectivity index (χ0v) is 11.7. The molecule has 1 N–H and O–H groups in total. The van der Waals surface area contributed by atoms with Gasteiger partial charge in [0.05, 0.1) is 24.7 Å². The van der Waals surface area contributed by atoms with Gasteiger partial charge >= 0.3 is 0 Å². The number of rotatable bonds is 7. The Labute approximate surface area is 113 Å². The van der Waals surface area contributed by atoms with E-state index in [2.05, 4.69) is 37.5 Å². The van der Waals surface area contributed by atoms with Crippen LogP contribution in [0, 0.1) is 6.92 Å². The fourth-order valence-corrected chi connectivity index (χ4v) is 2.04. The number of aryl methyl sites for hydroxylation is 1. The molecule has 0 aliphatic rings. The topological polar surface area (TPSA) is 56.9 Å². The minimum atomic E-state index is 0.306. The van der Waals surface area contributed by atoms with Crippen molar-refractivity contribution in [2.24, 2.45) is 0 Å². The van der Waals surface area contributed by atoms with Crippen LogP contribution < -0.4 is 5.32 Å². The summed E-state index contributed by atoms with van der Waals surface area (Å²) < 4.78 is 9.27. The van der Waals surface area contributed by atoms with E-state index >= 15 is 0 Å². The normalized spacial score (nSPS) is 12.6. The molecule has 2 aromatic heterocycles. The lowest BCUT2D eigenvalue weighted by Gasteiger charge is -2.17. The van der Waals surface area contributed by atoms with Gasteiger partial charge < -0.3 is 19.2 Å². The fraction of sp³-hybridized carbons (Fsp3) is 0.538. The van der Waals surface area contributed by atoms with Gasteiger partial charge in [0.2, 0.25) is 5.95 Å². The van der Waals surface area contributed by atoms with Crippen molar-refractivity contribution in [2.75, 3.05) is 25.6 Å². The van der Waals surface area contributed by atoms with Crippen LogP contribution in [0.15, 0.2) is 24.9 Å². The molecular weight excluding hydrogens is 242 g/mol. The molecule has 104 valence electrons. The average molecular weight is 263 g/mol. The van der Waals surface area contributed by atoms with E-state index in [-0.39, 0.29) is 0 Å². The van der Waals surface area contributed by atoms with E-state index in [1.165, 1.54) is 0 Å². The Kier molecular flexibility index (Phi) is 4.57. The van der Waals surface area contributed by atoms with E-state index < -0.39 is 0 Å². The van der Waals surface area contributed by atoms with Crippen molar-refractivity contribution in [3.05, 3.63) is 30.6 Å². The summed E-state index contributed by atoms with van der Waals surface area (Å²) in [5.41, 5.74) is 1.01. The molecule has 1 unspecified atom stereocenters. The van der Waals surface area contributed by atoms with Crippen LogP contribution in [0.5, 0.6) is 0 Å². The predicted molar refractivity (Wildman–Crippen MR) is 74.3 cm³/mol. The molecule has 0 saturated heterocycles. The molecule has 19 heavy (non-hydrogen) atoms. The van der Waals surface area contributed by atoms with Crippen LogP contribution in [0.2, 0.25) is 0 Å². The fourth-order valence-electron chi connectivity index (χ4n) is 2.04. The average Bonchev–Trinajstić information content (AvgIpc) is 2.99. The minimum absolute atomic E-state index is 0.306. The number of imidazole rings is 2. The van der Waals surface area contributed by atoms with Gasteiger partial charge in [-0.1, -0.05) is 0 Å². The number of methoxy groups -OCH3 is 1. The quantitative estimate of drug-likeness (QED) is 0.773. The Bertz CT molecular complexity index is 491. The second-order valence-corrected chi connectivity index (χ2v) is 4.64. The summed E-state index contributed by atoms with van der Waals surface area (Å²) in [5, 5.41) is 3.30. The molecule has 0 bridgehead atoms. The molecule has 0 aliphatic heterocycles. The SMILES string of the molecule is COCCNc1nc(C)cn1C(C)Cn1ccnc1. The molecule has 1 atom stereocenters. The largest absolute Gasteiger partial charge is 0.383 e. The van der Waals surface area contributed by atoms with Crippen molar-refractivity contribution in [3.63, 3.8) is 0 Å². The van der Waals surface area contributed by atoms with Crippen LogP contribution >= 0.6 is 0 Å². The smallest absolute Gasteiger partial charge is 0.203 e.